The number of aromatic nitrogens is 2. The van der Waals surface area contributed by atoms with Crippen molar-refractivity contribution in [2.24, 2.45) is 4.99 Å². The second-order valence-electron chi connectivity index (χ2n) is 6.99. The van der Waals surface area contributed by atoms with Crippen LogP contribution in [-0.4, -0.2) is 42.8 Å². The third-order valence-electron chi connectivity index (χ3n) is 5.18. The van der Waals surface area contributed by atoms with Gasteiger partial charge in [-0.3, -0.25) is 4.99 Å². The van der Waals surface area contributed by atoms with Crippen LogP contribution in [0.4, 0.5) is 5.69 Å². The number of hydrogen-bond acceptors (Lipinski definition) is 7. The molecule has 8 nitrogen and oxygen atoms in total. The molecule has 2 aliphatic rings. The first-order valence-corrected chi connectivity index (χ1v) is 9.73. The van der Waals surface area contributed by atoms with Gasteiger partial charge in [-0.1, -0.05) is 6.07 Å². The molecule has 1 aromatic heterocycles. The predicted molar refractivity (Wildman–Crippen MR) is 112 cm³/mol. The summed E-state index contributed by atoms with van der Waals surface area (Å²) in [5, 5.41) is 3.39. The van der Waals surface area contributed by atoms with E-state index in [1.165, 1.54) is 0 Å². The number of amidine groups is 1. The highest BCUT2D eigenvalue weighted by Gasteiger charge is 2.25. The number of ether oxygens (including phenoxy) is 4. The molecule has 0 amide bonds. The fourth-order valence-electron chi connectivity index (χ4n) is 3.70. The Morgan fingerprint density at radius 1 is 1.00 bits per heavy atom. The molecule has 0 spiro atoms. The molecule has 2 aromatic carbocycles. The third-order valence-corrected chi connectivity index (χ3v) is 5.18. The van der Waals surface area contributed by atoms with Crippen LogP contribution in [0.3, 0.4) is 0 Å². The van der Waals surface area contributed by atoms with Gasteiger partial charge in [-0.25, -0.2) is 4.98 Å². The van der Waals surface area contributed by atoms with E-state index in [1.54, 1.807) is 20.4 Å². The number of aliphatic imine (C=N–C) groups is 1. The zero-order valence-corrected chi connectivity index (χ0v) is 16.8. The molecule has 0 radical (unpaired) electrons. The lowest BCUT2D eigenvalue weighted by Crippen LogP contribution is -2.27. The van der Waals surface area contributed by atoms with Gasteiger partial charge < -0.3 is 28.8 Å². The van der Waals surface area contributed by atoms with Gasteiger partial charge in [0.15, 0.2) is 34.7 Å². The molecular weight excluding hydrogens is 384 g/mol. The molecule has 3 aromatic rings. The van der Waals surface area contributed by atoms with Crippen LogP contribution in [0.5, 0.6) is 23.0 Å². The van der Waals surface area contributed by atoms with Crippen LogP contribution in [0.15, 0.2) is 53.8 Å². The number of imidazole rings is 1. The summed E-state index contributed by atoms with van der Waals surface area (Å²) in [4.78, 5) is 9.44. The first kappa shape index (κ1) is 18.4. The molecule has 0 saturated heterocycles. The van der Waals surface area contributed by atoms with Crippen molar-refractivity contribution in [3.8, 4) is 23.0 Å². The van der Waals surface area contributed by atoms with Crippen molar-refractivity contribution in [3.05, 3.63) is 60.2 Å². The van der Waals surface area contributed by atoms with E-state index in [1.807, 2.05) is 42.6 Å². The number of fused-ring (bicyclic) bond motifs is 2. The number of nitrogens with one attached hydrogen (secondary N) is 1. The van der Waals surface area contributed by atoms with Crippen LogP contribution in [0, 0.1) is 0 Å². The summed E-state index contributed by atoms with van der Waals surface area (Å²) < 4.78 is 24.2. The highest BCUT2D eigenvalue weighted by Crippen LogP contribution is 2.36. The molecule has 1 unspecified atom stereocenters. The minimum atomic E-state index is -0.0785. The largest absolute Gasteiger partial charge is 0.493 e. The van der Waals surface area contributed by atoms with E-state index in [-0.39, 0.29) is 6.04 Å². The zero-order valence-electron chi connectivity index (χ0n) is 16.8. The van der Waals surface area contributed by atoms with Gasteiger partial charge in [-0.05, 0) is 29.8 Å². The second-order valence-corrected chi connectivity index (χ2v) is 6.99. The molecule has 5 rings (SSSR count). The van der Waals surface area contributed by atoms with Gasteiger partial charge in [0, 0.05) is 24.1 Å². The Morgan fingerprint density at radius 3 is 2.67 bits per heavy atom. The van der Waals surface area contributed by atoms with Gasteiger partial charge in [0.25, 0.3) is 0 Å². The summed E-state index contributed by atoms with van der Waals surface area (Å²) in [6.45, 7) is 1.83. The molecule has 154 valence electrons. The topological polar surface area (TPSA) is 79.1 Å². The lowest BCUT2D eigenvalue weighted by molar-refractivity contribution is 0.171. The number of rotatable bonds is 4. The van der Waals surface area contributed by atoms with Gasteiger partial charge in [0.05, 0.1) is 26.8 Å². The summed E-state index contributed by atoms with van der Waals surface area (Å²) >= 11 is 0. The Bertz CT molecular complexity index is 1110. The van der Waals surface area contributed by atoms with Crippen LogP contribution < -0.4 is 24.3 Å². The minimum absolute atomic E-state index is 0.0785. The Morgan fingerprint density at radius 2 is 1.83 bits per heavy atom. The molecule has 1 N–H and O–H groups in total. The molecule has 0 aliphatic carbocycles. The molecule has 3 heterocycles. The SMILES string of the molecule is COc1ccc(NC2=NC(c3ccc4c(c3)OCCO4)Cn3ccnc32)cc1OC. The molecule has 30 heavy (non-hydrogen) atoms. The summed E-state index contributed by atoms with van der Waals surface area (Å²) in [7, 11) is 3.23. The summed E-state index contributed by atoms with van der Waals surface area (Å²) in [6.07, 6.45) is 3.75. The smallest absolute Gasteiger partial charge is 0.175 e. The molecular formula is C22H22N4O4. The molecule has 8 heteroatoms. The first-order valence-electron chi connectivity index (χ1n) is 9.73. The fraction of sp³-hybridized carbons (Fsp3) is 0.273. The molecule has 2 aliphatic heterocycles. The van der Waals surface area contributed by atoms with E-state index in [0.717, 1.165) is 28.6 Å². The van der Waals surface area contributed by atoms with E-state index in [2.05, 4.69) is 14.9 Å². The molecule has 0 fully saturated rings. The Labute approximate surface area is 174 Å². The monoisotopic (exact) mass is 406 g/mol. The number of nitrogens with zero attached hydrogens (tertiary/aromatic N) is 3. The van der Waals surface area contributed by atoms with Crippen molar-refractivity contribution in [1.82, 2.24) is 9.55 Å². The average Bonchev–Trinajstić information content (AvgIpc) is 3.27. The number of methoxy groups -OCH3 is 2. The predicted octanol–water partition coefficient (Wildman–Crippen LogP) is 3.29. The van der Waals surface area contributed by atoms with Gasteiger partial charge in [0.1, 0.15) is 13.2 Å². The second kappa shape index (κ2) is 7.62. The van der Waals surface area contributed by atoms with Crippen molar-refractivity contribution < 1.29 is 18.9 Å². The van der Waals surface area contributed by atoms with Crippen LogP contribution in [0.1, 0.15) is 17.4 Å². The maximum Gasteiger partial charge on any atom is 0.175 e. The number of benzene rings is 2. The van der Waals surface area contributed by atoms with Crippen molar-refractivity contribution in [3.63, 3.8) is 0 Å². The number of hydrogen-bond donors (Lipinski definition) is 1. The van der Waals surface area contributed by atoms with Crippen LogP contribution in [0.25, 0.3) is 0 Å². The highest BCUT2D eigenvalue weighted by atomic mass is 16.6. The third kappa shape index (κ3) is 3.30. The Balaban J connectivity index is 1.48. The van der Waals surface area contributed by atoms with Crippen LogP contribution in [0.2, 0.25) is 0 Å². The van der Waals surface area contributed by atoms with E-state index in [0.29, 0.717) is 37.1 Å². The Hall–Kier alpha value is -3.68. The zero-order chi connectivity index (χ0) is 20.5. The van der Waals surface area contributed by atoms with Gasteiger partial charge in [-0.2, -0.15) is 0 Å². The molecule has 0 bridgehead atoms. The van der Waals surface area contributed by atoms with E-state index in [4.69, 9.17) is 23.9 Å². The van der Waals surface area contributed by atoms with E-state index < -0.39 is 0 Å². The Kier molecular flexibility index (Phi) is 4.66. The van der Waals surface area contributed by atoms with Crippen molar-refractivity contribution >= 4 is 11.5 Å². The van der Waals surface area contributed by atoms with E-state index in [9.17, 15) is 0 Å². The maximum absolute atomic E-state index is 5.75. The lowest BCUT2D eigenvalue weighted by Gasteiger charge is -2.25. The molecule has 1 atom stereocenters. The quantitative estimate of drug-likeness (QED) is 0.716. The normalized spacial score (nSPS) is 17.0. The van der Waals surface area contributed by atoms with Gasteiger partial charge in [0.2, 0.25) is 0 Å². The summed E-state index contributed by atoms with van der Waals surface area (Å²) in [5.41, 5.74) is 1.90. The van der Waals surface area contributed by atoms with Crippen LogP contribution in [-0.2, 0) is 6.54 Å². The van der Waals surface area contributed by atoms with Crippen molar-refractivity contribution in [2.45, 2.75) is 12.6 Å². The summed E-state index contributed by atoms with van der Waals surface area (Å²) in [5.74, 6) is 4.34. The minimum Gasteiger partial charge on any atom is -0.493 e. The van der Waals surface area contributed by atoms with Crippen LogP contribution >= 0.6 is 0 Å². The first-order chi connectivity index (χ1) is 14.7. The highest BCUT2D eigenvalue weighted by molar-refractivity contribution is 6.06. The average molecular weight is 406 g/mol. The number of anilines is 1. The fourth-order valence-corrected chi connectivity index (χ4v) is 3.70. The van der Waals surface area contributed by atoms with Gasteiger partial charge in [-0.15, -0.1) is 0 Å². The van der Waals surface area contributed by atoms with Crippen molar-refractivity contribution in [1.29, 1.82) is 0 Å². The molecule has 0 saturated carbocycles. The standard InChI is InChI=1S/C22H22N4O4/c1-27-17-6-4-15(12-19(17)28-2)24-21-22-23-7-8-26(22)13-16(25-21)14-3-5-18-20(11-14)30-10-9-29-18/h3-8,11-12,16H,9-10,13H2,1-2H3,(H,24,25). The maximum atomic E-state index is 5.75. The summed E-state index contributed by atoms with van der Waals surface area (Å²) in [6, 6.07) is 11.6. The lowest BCUT2D eigenvalue weighted by atomic mass is 10.1. The van der Waals surface area contributed by atoms with Gasteiger partial charge >= 0.3 is 0 Å². The van der Waals surface area contributed by atoms with E-state index >= 15 is 0 Å². The van der Waals surface area contributed by atoms with Crippen molar-refractivity contribution in [2.75, 3.05) is 32.8 Å².